The Balaban J connectivity index is 1.45. The lowest BCUT2D eigenvalue weighted by molar-refractivity contribution is -0.206. The van der Waals surface area contributed by atoms with Crippen LogP contribution in [0.5, 0.6) is 0 Å². The number of Topliss-reactive ketones (excluding diaryl/α,β-unsaturated/α-hetero) is 1. The molecule has 0 bridgehead atoms. The predicted molar refractivity (Wildman–Crippen MR) is 117 cm³/mol. The first-order chi connectivity index (χ1) is 15.1. The minimum atomic E-state index is -1.35. The molecule has 1 N–H and O–H groups in total. The molecular formula is C26H34O6. The Bertz CT molecular complexity index is 978. The van der Waals surface area contributed by atoms with Gasteiger partial charge in [-0.25, -0.2) is 4.79 Å². The van der Waals surface area contributed by atoms with E-state index in [4.69, 9.17) is 9.15 Å². The molecule has 0 aromatic carbocycles. The molecule has 0 spiro atoms. The number of carbonyl (C=O) groups is 2. The van der Waals surface area contributed by atoms with Gasteiger partial charge in [-0.05, 0) is 79.7 Å². The summed E-state index contributed by atoms with van der Waals surface area (Å²) in [6.07, 6.45) is 7.98. The van der Waals surface area contributed by atoms with Crippen LogP contribution >= 0.6 is 0 Å². The zero-order valence-corrected chi connectivity index (χ0v) is 19.3. The summed E-state index contributed by atoms with van der Waals surface area (Å²) in [5.74, 6) is 0.270. The number of esters is 1. The van der Waals surface area contributed by atoms with E-state index >= 15 is 0 Å². The molecule has 4 aliphatic carbocycles. The second-order valence-electron chi connectivity index (χ2n) is 11.3. The van der Waals surface area contributed by atoms with Gasteiger partial charge in [-0.2, -0.15) is 0 Å². The fourth-order valence-electron chi connectivity index (χ4n) is 8.38. The van der Waals surface area contributed by atoms with Gasteiger partial charge in [-0.3, -0.25) is 9.59 Å². The van der Waals surface area contributed by atoms with Crippen LogP contribution in [0.25, 0.3) is 0 Å². The first-order valence-corrected chi connectivity index (χ1v) is 12.1. The number of carbonyl (C=O) groups excluding carboxylic acids is 2. The Hall–Kier alpha value is -1.95. The molecule has 8 atom stereocenters. The van der Waals surface area contributed by atoms with Gasteiger partial charge in [0.15, 0.2) is 5.78 Å². The highest BCUT2D eigenvalue weighted by molar-refractivity contribution is 5.92. The van der Waals surface area contributed by atoms with Gasteiger partial charge in [0.05, 0.1) is 6.26 Å². The molecule has 1 heterocycles. The molecule has 5 rings (SSSR count). The van der Waals surface area contributed by atoms with Crippen molar-refractivity contribution in [3.63, 3.8) is 0 Å². The highest BCUT2D eigenvalue weighted by Crippen LogP contribution is 2.69. The third kappa shape index (κ3) is 2.91. The van der Waals surface area contributed by atoms with Crippen molar-refractivity contribution in [2.24, 2.45) is 28.6 Å². The van der Waals surface area contributed by atoms with E-state index in [0.717, 1.165) is 50.5 Å². The van der Waals surface area contributed by atoms with Crippen molar-refractivity contribution in [2.75, 3.05) is 0 Å². The van der Waals surface area contributed by atoms with Crippen molar-refractivity contribution in [1.29, 1.82) is 0 Å². The molecule has 6 nitrogen and oxygen atoms in total. The summed E-state index contributed by atoms with van der Waals surface area (Å²) in [7, 11) is 0. The summed E-state index contributed by atoms with van der Waals surface area (Å²) in [6, 6.07) is 3.15. The molecule has 0 saturated heterocycles. The summed E-state index contributed by atoms with van der Waals surface area (Å²) in [6.45, 7) is 5.88. The van der Waals surface area contributed by atoms with Gasteiger partial charge in [0.1, 0.15) is 11.7 Å². The Morgan fingerprint density at radius 3 is 2.56 bits per heavy atom. The monoisotopic (exact) mass is 442 g/mol. The first kappa shape index (κ1) is 21.9. The van der Waals surface area contributed by atoms with E-state index in [1.165, 1.54) is 19.3 Å². The zero-order chi connectivity index (χ0) is 22.9. The molecule has 0 aliphatic heterocycles. The van der Waals surface area contributed by atoms with E-state index in [9.17, 15) is 19.5 Å². The van der Waals surface area contributed by atoms with Crippen LogP contribution in [0.15, 0.2) is 27.6 Å². The third-order valence-electron chi connectivity index (χ3n) is 10.1. The van der Waals surface area contributed by atoms with E-state index in [1.807, 2.05) is 0 Å². The van der Waals surface area contributed by atoms with Crippen LogP contribution in [0.1, 0.15) is 83.6 Å². The Labute approximate surface area is 188 Å². The maximum Gasteiger partial charge on any atom is 0.335 e. The zero-order valence-electron chi connectivity index (χ0n) is 19.3. The first-order valence-electron chi connectivity index (χ1n) is 12.1. The molecule has 6 heteroatoms. The average Bonchev–Trinajstić information content (AvgIpc) is 2.95. The Morgan fingerprint density at radius 1 is 1.09 bits per heavy atom. The average molecular weight is 443 g/mol. The largest absolute Gasteiger partial charge is 0.463 e. The normalized spacial score (nSPS) is 45.5. The SMILES string of the molecule is CC(=O)O[C@H]1CC[C@@]2(C)[C@H](CC[C@@H]3[C@@H]2CC[C@]2(C)[C@@H](c4ccc(=O)oc4)CC(=O)[C@]32O)C1. The smallest absolute Gasteiger partial charge is 0.335 e. The van der Waals surface area contributed by atoms with Gasteiger partial charge in [0, 0.05) is 30.7 Å². The van der Waals surface area contributed by atoms with E-state index in [2.05, 4.69) is 13.8 Å². The summed E-state index contributed by atoms with van der Waals surface area (Å²) >= 11 is 0. The van der Waals surface area contributed by atoms with Gasteiger partial charge in [0.2, 0.25) is 0 Å². The van der Waals surface area contributed by atoms with Gasteiger partial charge in [-0.1, -0.05) is 13.8 Å². The van der Waals surface area contributed by atoms with Crippen molar-refractivity contribution in [3.05, 3.63) is 34.4 Å². The number of rotatable bonds is 2. The van der Waals surface area contributed by atoms with Gasteiger partial charge in [0.25, 0.3) is 0 Å². The van der Waals surface area contributed by atoms with Crippen molar-refractivity contribution in [3.8, 4) is 0 Å². The summed E-state index contributed by atoms with van der Waals surface area (Å²) in [5.41, 5.74) is -1.44. The summed E-state index contributed by atoms with van der Waals surface area (Å²) in [4.78, 5) is 36.4. The molecule has 0 radical (unpaired) electrons. The number of hydrogen-bond donors (Lipinski definition) is 1. The standard InChI is InChI=1S/C26H34O6/c1-15(27)32-18-8-10-24(2)17(12-18)5-6-20-19(24)9-11-25(3)21(13-22(28)26(20,25)30)16-4-7-23(29)31-14-16/h4,7,14,17-21,30H,5-6,8-13H2,1-3H3/t17-,18+,19+,20-,21-,24+,25-,26-/m1/s1. The quantitative estimate of drug-likeness (QED) is 0.696. The number of aliphatic hydroxyl groups is 1. The molecule has 0 unspecified atom stereocenters. The molecule has 1 aromatic rings. The van der Waals surface area contributed by atoms with Crippen molar-refractivity contribution in [1.82, 2.24) is 0 Å². The number of ether oxygens (including phenoxy) is 1. The topological polar surface area (TPSA) is 93.8 Å². The minimum absolute atomic E-state index is 0.00991. The Morgan fingerprint density at radius 2 is 1.88 bits per heavy atom. The van der Waals surface area contributed by atoms with Crippen molar-refractivity contribution >= 4 is 11.8 Å². The fraction of sp³-hybridized carbons (Fsp3) is 0.731. The summed E-state index contributed by atoms with van der Waals surface area (Å²) < 4.78 is 10.7. The van der Waals surface area contributed by atoms with Crippen LogP contribution in [0.2, 0.25) is 0 Å². The van der Waals surface area contributed by atoms with E-state index in [-0.39, 0.29) is 41.0 Å². The molecular weight excluding hydrogens is 408 g/mol. The molecule has 4 aliphatic rings. The Kier molecular flexibility index (Phi) is 4.97. The maximum atomic E-state index is 13.5. The van der Waals surface area contributed by atoms with Crippen LogP contribution in [0, 0.1) is 28.6 Å². The highest BCUT2D eigenvalue weighted by atomic mass is 16.5. The minimum Gasteiger partial charge on any atom is -0.463 e. The highest BCUT2D eigenvalue weighted by Gasteiger charge is 2.71. The van der Waals surface area contributed by atoms with Crippen LogP contribution in [0.4, 0.5) is 0 Å². The van der Waals surface area contributed by atoms with Crippen LogP contribution in [-0.2, 0) is 14.3 Å². The van der Waals surface area contributed by atoms with Crippen LogP contribution < -0.4 is 5.63 Å². The van der Waals surface area contributed by atoms with Crippen molar-refractivity contribution in [2.45, 2.75) is 89.8 Å². The van der Waals surface area contributed by atoms with Gasteiger partial charge < -0.3 is 14.3 Å². The van der Waals surface area contributed by atoms with E-state index in [0.29, 0.717) is 12.3 Å². The maximum absolute atomic E-state index is 13.5. The molecule has 4 fully saturated rings. The molecule has 174 valence electrons. The second-order valence-corrected chi connectivity index (χ2v) is 11.3. The van der Waals surface area contributed by atoms with Crippen LogP contribution in [-0.4, -0.2) is 28.6 Å². The van der Waals surface area contributed by atoms with Crippen molar-refractivity contribution < 1.29 is 23.8 Å². The number of hydrogen-bond acceptors (Lipinski definition) is 6. The molecule has 0 amide bonds. The third-order valence-corrected chi connectivity index (χ3v) is 10.1. The molecule has 1 aromatic heterocycles. The second kappa shape index (κ2) is 7.28. The number of fused-ring (bicyclic) bond motifs is 5. The van der Waals surface area contributed by atoms with Gasteiger partial charge in [-0.15, -0.1) is 0 Å². The number of ketones is 1. The lowest BCUT2D eigenvalue weighted by Gasteiger charge is -2.63. The summed E-state index contributed by atoms with van der Waals surface area (Å²) in [5, 5.41) is 12.2. The fourth-order valence-corrected chi connectivity index (χ4v) is 8.38. The van der Waals surface area contributed by atoms with Gasteiger partial charge >= 0.3 is 11.6 Å². The van der Waals surface area contributed by atoms with E-state index < -0.39 is 16.6 Å². The lowest BCUT2D eigenvalue weighted by Crippen LogP contribution is -2.64. The lowest BCUT2D eigenvalue weighted by atomic mass is 9.43. The molecule has 32 heavy (non-hydrogen) atoms. The van der Waals surface area contributed by atoms with E-state index in [1.54, 1.807) is 6.07 Å². The molecule has 4 saturated carbocycles. The van der Waals surface area contributed by atoms with Crippen LogP contribution in [0.3, 0.4) is 0 Å². The predicted octanol–water partition coefficient (Wildman–Crippen LogP) is 3.99.